The molecule has 31 heavy (non-hydrogen) atoms. The van der Waals surface area contributed by atoms with Crippen molar-refractivity contribution in [1.82, 2.24) is 5.32 Å². The number of rotatable bonds is 5. The summed E-state index contributed by atoms with van der Waals surface area (Å²) in [5.41, 5.74) is 3.53. The van der Waals surface area contributed by atoms with Crippen molar-refractivity contribution in [2.75, 3.05) is 30.4 Å². The van der Waals surface area contributed by atoms with Crippen LogP contribution >= 0.6 is 11.6 Å². The molecule has 8 heteroatoms. The van der Waals surface area contributed by atoms with Gasteiger partial charge in [-0.05, 0) is 60.7 Å². The number of ether oxygens (including phenoxy) is 1. The van der Waals surface area contributed by atoms with Gasteiger partial charge in [0.1, 0.15) is 5.60 Å². The number of carbonyl (C=O) groups excluding carboxylic acids is 3. The lowest BCUT2D eigenvalue weighted by atomic mass is 9.95. The van der Waals surface area contributed by atoms with E-state index in [4.69, 9.17) is 16.3 Å². The standard InChI is InChI=1S/C23H24ClN3O4/c1-23(31-2,16-4-3-5-17(24)12-16)13-25-21(29)22(30)26-18-10-14-6-7-19(28)27-9-8-15(11-18)20(14)27/h3-5,10-12H,6-9,13H2,1-2H3,(H,25,29)(H,26,30). The smallest absolute Gasteiger partial charge is 0.313 e. The first-order valence-electron chi connectivity index (χ1n) is 10.2. The molecule has 2 aromatic rings. The topological polar surface area (TPSA) is 87.7 Å². The number of anilines is 2. The number of hydrogen-bond acceptors (Lipinski definition) is 4. The minimum atomic E-state index is -0.839. The summed E-state index contributed by atoms with van der Waals surface area (Å²) in [6, 6.07) is 10.9. The number of aryl methyl sites for hydroxylation is 1. The van der Waals surface area contributed by atoms with Crippen molar-refractivity contribution in [3.8, 4) is 0 Å². The maximum absolute atomic E-state index is 12.5. The molecule has 2 aromatic carbocycles. The molecule has 2 aliphatic rings. The Hall–Kier alpha value is -2.90. The second-order valence-electron chi connectivity index (χ2n) is 8.02. The van der Waals surface area contributed by atoms with Crippen LogP contribution in [0.3, 0.4) is 0 Å². The molecule has 2 aliphatic heterocycles. The average Bonchev–Trinajstić information content (AvgIpc) is 3.19. The maximum atomic E-state index is 12.5. The van der Waals surface area contributed by atoms with Gasteiger partial charge in [-0.25, -0.2) is 0 Å². The number of benzene rings is 2. The zero-order chi connectivity index (χ0) is 22.2. The number of halogens is 1. The fourth-order valence-corrected chi connectivity index (χ4v) is 4.35. The van der Waals surface area contributed by atoms with E-state index < -0.39 is 17.4 Å². The Morgan fingerprint density at radius 3 is 2.58 bits per heavy atom. The molecule has 0 radical (unpaired) electrons. The second kappa shape index (κ2) is 8.32. The minimum absolute atomic E-state index is 0.0998. The van der Waals surface area contributed by atoms with Crippen molar-refractivity contribution in [3.63, 3.8) is 0 Å². The van der Waals surface area contributed by atoms with Crippen LogP contribution in [0, 0.1) is 0 Å². The van der Waals surface area contributed by atoms with Crippen LogP contribution in [0.4, 0.5) is 11.4 Å². The van der Waals surface area contributed by atoms with Gasteiger partial charge in [0.25, 0.3) is 0 Å². The van der Waals surface area contributed by atoms with Gasteiger partial charge >= 0.3 is 11.8 Å². The van der Waals surface area contributed by atoms with Gasteiger partial charge in [-0.15, -0.1) is 0 Å². The highest BCUT2D eigenvalue weighted by atomic mass is 35.5. The molecule has 7 nitrogen and oxygen atoms in total. The number of methoxy groups -OCH3 is 1. The first-order chi connectivity index (χ1) is 14.8. The molecule has 0 aromatic heterocycles. The predicted octanol–water partition coefficient (Wildman–Crippen LogP) is 2.79. The molecular formula is C23H24ClN3O4. The van der Waals surface area contributed by atoms with Crippen molar-refractivity contribution < 1.29 is 19.1 Å². The normalized spacial score (nSPS) is 16.5. The summed E-state index contributed by atoms with van der Waals surface area (Å²) in [6.45, 7) is 2.58. The van der Waals surface area contributed by atoms with Gasteiger partial charge in [-0.3, -0.25) is 14.4 Å². The molecule has 0 bridgehead atoms. The fraction of sp³-hybridized carbons (Fsp3) is 0.348. The quantitative estimate of drug-likeness (QED) is 0.698. The van der Waals surface area contributed by atoms with Gasteiger partial charge in [-0.1, -0.05) is 23.7 Å². The van der Waals surface area contributed by atoms with Gasteiger partial charge in [0.2, 0.25) is 5.91 Å². The molecule has 1 atom stereocenters. The third-order valence-corrected chi connectivity index (χ3v) is 6.22. The summed E-state index contributed by atoms with van der Waals surface area (Å²) in [4.78, 5) is 38.8. The summed E-state index contributed by atoms with van der Waals surface area (Å²) in [6.07, 6.45) is 1.85. The highest BCUT2D eigenvalue weighted by Crippen LogP contribution is 2.38. The lowest BCUT2D eigenvalue weighted by molar-refractivity contribution is -0.137. The molecular weight excluding hydrogens is 418 g/mol. The molecule has 4 rings (SSSR count). The van der Waals surface area contributed by atoms with E-state index in [1.165, 1.54) is 7.11 Å². The molecule has 0 fully saturated rings. The summed E-state index contributed by atoms with van der Waals surface area (Å²) < 4.78 is 5.60. The molecule has 2 N–H and O–H groups in total. The Kier molecular flexibility index (Phi) is 5.73. The number of hydrogen-bond donors (Lipinski definition) is 2. The van der Waals surface area contributed by atoms with Gasteiger partial charge < -0.3 is 20.3 Å². The van der Waals surface area contributed by atoms with Crippen molar-refractivity contribution in [2.24, 2.45) is 0 Å². The lowest BCUT2D eigenvalue weighted by Crippen LogP contribution is -2.44. The summed E-state index contributed by atoms with van der Waals surface area (Å²) in [5, 5.41) is 5.89. The molecule has 3 amide bonds. The Balaban J connectivity index is 1.43. The van der Waals surface area contributed by atoms with E-state index in [0.29, 0.717) is 30.1 Å². The highest BCUT2D eigenvalue weighted by molar-refractivity contribution is 6.39. The number of amides is 3. The fourth-order valence-electron chi connectivity index (χ4n) is 4.16. The van der Waals surface area contributed by atoms with Crippen LogP contribution in [0.25, 0.3) is 0 Å². The molecule has 0 aliphatic carbocycles. The van der Waals surface area contributed by atoms with Gasteiger partial charge in [0, 0.05) is 30.8 Å². The van der Waals surface area contributed by atoms with E-state index in [0.717, 1.165) is 28.8 Å². The summed E-state index contributed by atoms with van der Waals surface area (Å²) in [5.74, 6) is -1.36. The van der Waals surface area contributed by atoms with E-state index in [2.05, 4.69) is 10.6 Å². The van der Waals surface area contributed by atoms with Crippen LogP contribution in [0.2, 0.25) is 5.02 Å². The Bertz CT molecular complexity index is 1070. The SMILES string of the molecule is COC(C)(CNC(=O)C(=O)Nc1cc2c3c(c1)CCN3C(=O)CC2)c1cccc(Cl)c1. The molecule has 0 spiro atoms. The van der Waals surface area contributed by atoms with E-state index in [-0.39, 0.29) is 12.5 Å². The molecule has 2 heterocycles. The van der Waals surface area contributed by atoms with Crippen LogP contribution in [0.15, 0.2) is 36.4 Å². The monoisotopic (exact) mass is 441 g/mol. The zero-order valence-electron chi connectivity index (χ0n) is 17.5. The largest absolute Gasteiger partial charge is 0.372 e. The van der Waals surface area contributed by atoms with Crippen molar-refractivity contribution >= 4 is 40.7 Å². The van der Waals surface area contributed by atoms with Gasteiger partial charge in [0.05, 0.1) is 12.2 Å². The molecule has 0 saturated heterocycles. The minimum Gasteiger partial charge on any atom is -0.372 e. The third kappa shape index (κ3) is 4.16. The molecule has 162 valence electrons. The summed E-state index contributed by atoms with van der Waals surface area (Å²) in [7, 11) is 1.54. The number of nitrogens with zero attached hydrogens (tertiary/aromatic N) is 1. The average molecular weight is 442 g/mol. The van der Waals surface area contributed by atoms with E-state index >= 15 is 0 Å². The van der Waals surface area contributed by atoms with Crippen LogP contribution in [-0.2, 0) is 37.6 Å². The van der Waals surface area contributed by atoms with Crippen LogP contribution in [-0.4, -0.2) is 37.9 Å². The van der Waals surface area contributed by atoms with Crippen LogP contribution < -0.4 is 15.5 Å². The lowest BCUT2D eigenvalue weighted by Gasteiger charge is -2.29. The third-order valence-electron chi connectivity index (χ3n) is 5.99. The number of nitrogens with one attached hydrogen (secondary N) is 2. The highest BCUT2D eigenvalue weighted by Gasteiger charge is 2.32. The summed E-state index contributed by atoms with van der Waals surface area (Å²) >= 11 is 6.07. The van der Waals surface area contributed by atoms with E-state index in [1.54, 1.807) is 18.2 Å². The van der Waals surface area contributed by atoms with Gasteiger partial charge in [-0.2, -0.15) is 0 Å². The first kappa shape index (κ1) is 21.3. The van der Waals surface area contributed by atoms with Crippen molar-refractivity contribution in [3.05, 3.63) is 58.1 Å². The van der Waals surface area contributed by atoms with Crippen LogP contribution in [0.1, 0.15) is 30.0 Å². The Morgan fingerprint density at radius 2 is 1.87 bits per heavy atom. The predicted molar refractivity (Wildman–Crippen MR) is 118 cm³/mol. The van der Waals surface area contributed by atoms with Crippen molar-refractivity contribution in [2.45, 2.75) is 31.8 Å². The Morgan fingerprint density at radius 1 is 1.13 bits per heavy atom. The van der Waals surface area contributed by atoms with Gasteiger partial charge in [0.15, 0.2) is 0 Å². The molecule has 0 saturated carbocycles. The first-order valence-corrected chi connectivity index (χ1v) is 10.5. The zero-order valence-corrected chi connectivity index (χ0v) is 18.2. The van der Waals surface area contributed by atoms with E-state index in [1.807, 2.05) is 30.0 Å². The van der Waals surface area contributed by atoms with Crippen molar-refractivity contribution in [1.29, 1.82) is 0 Å². The van der Waals surface area contributed by atoms with Crippen LogP contribution in [0.5, 0.6) is 0 Å². The molecule has 1 unspecified atom stereocenters. The maximum Gasteiger partial charge on any atom is 0.313 e. The number of carbonyl (C=O) groups is 3. The Labute approximate surface area is 185 Å². The van der Waals surface area contributed by atoms with E-state index in [9.17, 15) is 14.4 Å². The second-order valence-corrected chi connectivity index (χ2v) is 8.46.